The van der Waals surface area contributed by atoms with Gasteiger partial charge >= 0.3 is 0 Å². The van der Waals surface area contributed by atoms with E-state index in [1.165, 1.54) is 31.3 Å². The van der Waals surface area contributed by atoms with Crippen molar-refractivity contribution in [2.24, 2.45) is 0 Å². The first-order valence-corrected chi connectivity index (χ1v) is 5.81. The first kappa shape index (κ1) is 8.86. The number of nitrogens with zero attached hydrogens (tertiary/aromatic N) is 1. The molecule has 0 radical (unpaired) electrons. The summed E-state index contributed by atoms with van der Waals surface area (Å²) >= 11 is 1.84. The first-order chi connectivity index (χ1) is 7.25. The van der Waals surface area contributed by atoms with Crippen LogP contribution in [0.15, 0.2) is 30.6 Å². The Balaban J connectivity index is 2.56. The van der Waals surface area contributed by atoms with Gasteiger partial charge in [-0.3, -0.25) is 4.98 Å². The number of fused-ring (bicyclic) bond motifs is 3. The average Bonchev–Trinajstić information content (AvgIpc) is 2.57. The lowest BCUT2D eigenvalue weighted by Crippen LogP contribution is -1.78. The fourth-order valence-electron chi connectivity index (χ4n) is 1.88. The van der Waals surface area contributed by atoms with Crippen LogP contribution in [0.5, 0.6) is 0 Å². The number of thiophene rings is 1. The minimum absolute atomic E-state index is 1.28. The average molecular weight is 213 g/mol. The second-order valence-electron chi connectivity index (χ2n) is 3.91. The minimum Gasteiger partial charge on any atom is -0.264 e. The Morgan fingerprint density at radius 2 is 1.80 bits per heavy atom. The van der Waals surface area contributed by atoms with E-state index in [1.807, 2.05) is 23.7 Å². The second kappa shape index (κ2) is 3.04. The normalized spacial score (nSPS) is 11.3. The molecule has 0 spiro atoms. The quantitative estimate of drug-likeness (QED) is 0.548. The lowest BCUT2D eigenvalue weighted by Gasteiger charge is -1.99. The van der Waals surface area contributed by atoms with Crippen molar-refractivity contribution in [3.8, 4) is 0 Å². The van der Waals surface area contributed by atoms with Crippen molar-refractivity contribution in [1.82, 2.24) is 4.98 Å². The van der Waals surface area contributed by atoms with E-state index in [0.717, 1.165) is 0 Å². The van der Waals surface area contributed by atoms with Crippen molar-refractivity contribution in [3.05, 3.63) is 41.7 Å². The predicted molar refractivity (Wildman–Crippen MR) is 66.6 cm³/mol. The summed E-state index contributed by atoms with van der Waals surface area (Å²) < 4.78 is 2.69. The molecule has 15 heavy (non-hydrogen) atoms. The molecular weight excluding hydrogens is 202 g/mol. The van der Waals surface area contributed by atoms with Crippen LogP contribution in [-0.2, 0) is 0 Å². The van der Waals surface area contributed by atoms with Crippen molar-refractivity contribution >= 4 is 31.5 Å². The van der Waals surface area contributed by atoms with Crippen molar-refractivity contribution in [2.45, 2.75) is 13.8 Å². The molecule has 0 aliphatic rings. The Bertz CT molecular complexity index is 652. The maximum absolute atomic E-state index is 4.19. The molecule has 2 aromatic heterocycles. The summed E-state index contributed by atoms with van der Waals surface area (Å²) in [6.07, 6.45) is 3.82. The number of pyridine rings is 1. The molecule has 2 heterocycles. The number of benzene rings is 1. The van der Waals surface area contributed by atoms with Gasteiger partial charge in [0.2, 0.25) is 0 Å². The topological polar surface area (TPSA) is 12.9 Å². The third-order valence-electron chi connectivity index (χ3n) is 2.89. The fourth-order valence-corrected chi connectivity index (χ4v) is 3.03. The smallest absolute Gasteiger partial charge is 0.0386 e. The molecule has 0 bridgehead atoms. The number of rotatable bonds is 0. The van der Waals surface area contributed by atoms with E-state index in [2.05, 4.69) is 37.0 Å². The molecule has 2 heteroatoms. The molecule has 0 atom stereocenters. The van der Waals surface area contributed by atoms with Gasteiger partial charge in [-0.25, -0.2) is 0 Å². The first-order valence-electron chi connectivity index (χ1n) is 4.99. The zero-order valence-corrected chi connectivity index (χ0v) is 9.56. The molecule has 0 N–H and O–H groups in total. The lowest BCUT2D eigenvalue weighted by molar-refractivity contribution is 1.36. The van der Waals surface area contributed by atoms with Gasteiger partial charge in [-0.1, -0.05) is 0 Å². The molecular formula is C13H11NS. The van der Waals surface area contributed by atoms with Crippen LogP contribution in [-0.4, -0.2) is 4.98 Å². The Hall–Kier alpha value is -1.41. The molecule has 1 nitrogen and oxygen atoms in total. The molecule has 0 aliphatic heterocycles. The fraction of sp³-hybridized carbons (Fsp3) is 0.154. The van der Waals surface area contributed by atoms with E-state index in [9.17, 15) is 0 Å². The molecule has 0 aliphatic carbocycles. The highest BCUT2D eigenvalue weighted by molar-refractivity contribution is 7.25. The van der Waals surface area contributed by atoms with E-state index in [4.69, 9.17) is 0 Å². The van der Waals surface area contributed by atoms with E-state index in [1.54, 1.807) is 0 Å². The number of aromatic nitrogens is 1. The van der Waals surface area contributed by atoms with Crippen LogP contribution in [0.1, 0.15) is 11.1 Å². The highest BCUT2D eigenvalue weighted by Crippen LogP contribution is 2.34. The van der Waals surface area contributed by atoms with Gasteiger partial charge < -0.3 is 0 Å². The van der Waals surface area contributed by atoms with Gasteiger partial charge in [-0.15, -0.1) is 11.3 Å². The number of aryl methyl sites for hydroxylation is 2. The highest BCUT2D eigenvalue weighted by Gasteiger charge is 2.05. The zero-order valence-electron chi connectivity index (χ0n) is 8.74. The van der Waals surface area contributed by atoms with Crippen LogP contribution in [0.4, 0.5) is 0 Å². The van der Waals surface area contributed by atoms with E-state index < -0.39 is 0 Å². The Morgan fingerprint density at radius 3 is 2.67 bits per heavy atom. The molecule has 3 rings (SSSR count). The lowest BCUT2D eigenvalue weighted by atomic mass is 10.1. The third kappa shape index (κ3) is 1.25. The van der Waals surface area contributed by atoms with Crippen LogP contribution in [0.3, 0.4) is 0 Å². The summed E-state index contributed by atoms with van der Waals surface area (Å²) in [5.74, 6) is 0. The van der Waals surface area contributed by atoms with E-state index in [-0.39, 0.29) is 0 Å². The molecule has 3 aromatic rings. The molecule has 0 saturated heterocycles. The van der Waals surface area contributed by atoms with E-state index >= 15 is 0 Å². The summed E-state index contributed by atoms with van der Waals surface area (Å²) in [4.78, 5) is 4.19. The molecule has 0 unspecified atom stereocenters. The summed E-state index contributed by atoms with van der Waals surface area (Å²) in [5, 5.41) is 2.62. The van der Waals surface area contributed by atoms with E-state index in [0.29, 0.717) is 0 Å². The standard InChI is InChI=1S/C13H11NS/c1-8-5-10-11-7-14-4-3-12(11)15-13(10)6-9(8)2/h3-7H,1-2H3. The number of hydrogen-bond donors (Lipinski definition) is 0. The van der Waals surface area contributed by atoms with Crippen LogP contribution >= 0.6 is 11.3 Å². The van der Waals surface area contributed by atoms with Gasteiger partial charge in [0.1, 0.15) is 0 Å². The molecule has 1 aromatic carbocycles. The monoisotopic (exact) mass is 213 g/mol. The Morgan fingerprint density at radius 1 is 1.00 bits per heavy atom. The van der Waals surface area contributed by atoms with Crippen molar-refractivity contribution in [1.29, 1.82) is 0 Å². The Kier molecular flexibility index (Phi) is 1.80. The maximum Gasteiger partial charge on any atom is 0.0386 e. The van der Waals surface area contributed by atoms with Crippen molar-refractivity contribution in [2.75, 3.05) is 0 Å². The maximum atomic E-state index is 4.19. The second-order valence-corrected chi connectivity index (χ2v) is 4.99. The molecule has 74 valence electrons. The number of hydrogen-bond acceptors (Lipinski definition) is 2. The van der Waals surface area contributed by atoms with Gasteiger partial charge in [0, 0.05) is 32.6 Å². The third-order valence-corrected chi connectivity index (χ3v) is 4.02. The molecule has 0 fully saturated rings. The summed E-state index contributed by atoms with van der Waals surface area (Å²) in [6.45, 7) is 4.33. The Labute approximate surface area is 92.4 Å². The van der Waals surface area contributed by atoms with Crippen molar-refractivity contribution < 1.29 is 0 Å². The predicted octanol–water partition coefficient (Wildman–Crippen LogP) is 4.07. The van der Waals surface area contributed by atoms with Gasteiger partial charge in [0.15, 0.2) is 0 Å². The summed E-state index contributed by atoms with van der Waals surface area (Å²) in [7, 11) is 0. The van der Waals surface area contributed by atoms with Crippen molar-refractivity contribution in [3.63, 3.8) is 0 Å². The van der Waals surface area contributed by atoms with Crippen LogP contribution in [0.25, 0.3) is 20.2 Å². The summed E-state index contributed by atoms with van der Waals surface area (Å²) in [5.41, 5.74) is 2.72. The van der Waals surface area contributed by atoms with Crippen LogP contribution < -0.4 is 0 Å². The van der Waals surface area contributed by atoms with Crippen LogP contribution in [0, 0.1) is 13.8 Å². The van der Waals surface area contributed by atoms with Crippen LogP contribution in [0.2, 0.25) is 0 Å². The SMILES string of the molecule is Cc1cc2sc3ccncc3c2cc1C. The summed E-state index contributed by atoms with van der Waals surface area (Å²) in [6, 6.07) is 6.63. The molecule has 0 amide bonds. The zero-order chi connectivity index (χ0) is 10.4. The largest absolute Gasteiger partial charge is 0.264 e. The van der Waals surface area contributed by atoms with Gasteiger partial charge in [-0.05, 0) is 43.2 Å². The van der Waals surface area contributed by atoms with Gasteiger partial charge in [-0.2, -0.15) is 0 Å². The van der Waals surface area contributed by atoms with Gasteiger partial charge in [0.05, 0.1) is 0 Å². The molecule has 0 saturated carbocycles. The highest BCUT2D eigenvalue weighted by atomic mass is 32.1. The minimum atomic E-state index is 1.28. The van der Waals surface area contributed by atoms with Gasteiger partial charge in [0.25, 0.3) is 0 Å².